The van der Waals surface area contributed by atoms with Gasteiger partial charge in [0.05, 0.1) is 28.1 Å². The number of thiophene rings is 1. The minimum atomic E-state index is -0.484. The number of pyridine rings is 2. The van der Waals surface area contributed by atoms with Gasteiger partial charge in [-0.1, -0.05) is 12.1 Å². The molecule has 7 rings (SSSR count). The molecule has 0 radical (unpaired) electrons. The predicted octanol–water partition coefficient (Wildman–Crippen LogP) is 6.17. The van der Waals surface area contributed by atoms with Gasteiger partial charge in [0.1, 0.15) is 11.4 Å². The predicted molar refractivity (Wildman–Crippen MR) is 140 cm³/mol. The maximum absolute atomic E-state index is 16.0. The van der Waals surface area contributed by atoms with Crippen LogP contribution in [0.5, 0.6) is 0 Å². The SMILES string of the molecule is Fc1ccc(-c2cccc3[nH]c(-c4n[nH]c5cnc(-c6cncc(CN7CCCC7)c6)c(F)c45)nc23)s1. The maximum Gasteiger partial charge on any atom is 0.176 e. The topological polar surface area (TPSA) is 86.4 Å². The molecule has 1 aromatic carbocycles. The van der Waals surface area contributed by atoms with E-state index in [1.165, 1.54) is 18.9 Å². The summed E-state index contributed by atoms with van der Waals surface area (Å²) in [4.78, 5) is 19.9. The first-order valence-corrected chi connectivity index (χ1v) is 12.9. The average molecular weight is 514 g/mol. The molecule has 1 fully saturated rings. The standard InChI is InChI=1S/C27H21F2N7S/c28-21-7-6-20(37-21)17-4-3-5-18-25(17)33-27(32-18)26-22-19(34-35-26)13-31-24(23(22)29)16-10-15(11-30-12-16)14-36-8-1-2-9-36/h3-7,10-13H,1-2,8-9,14H2,(H,32,33)(H,34,35). The molecule has 10 heteroatoms. The van der Waals surface area contributed by atoms with E-state index in [0.29, 0.717) is 33.5 Å². The molecule has 0 atom stereocenters. The van der Waals surface area contributed by atoms with Gasteiger partial charge in [-0.2, -0.15) is 9.49 Å². The summed E-state index contributed by atoms with van der Waals surface area (Å²) in [5.74, 6) is -0.0648. The van der Waals surface area contributed by atoms with E-state index in [4.69, 9.17) is 4.98 Å². The Morgan fingerprint density at radius 2 is 1.86 bits per heavy atom. The van der Waals surface area contributed by atoms with Gasteiger partial charge in [0.25, 0.3) is 0 Å². The molecule has 7 nitrogen and oxygen atoms in total. The van der Waals surface area contributed by atoms with Crippen LogP contribution in [0.1, 0.15) is 18.4 Å². The first-order chi connectivity index (χ1) is 18.1. The first-order valence-electron chi connectivity index (χ1n) is 12.1. The van der Waals surface area contributed by atoms with Crippen molar-refractivity contribution in [3.8, 4) is 33.2 Å². The number of likely N-dealkylation sites (tertiary alicyclic amines) is 1. The second kappa shape index (κ2) is 8.82. The quantitative estimate of drug-likeness (QED) is 0.288. The van der Waals surface area contributed by atoms with Crippen LogP contribution < -0.4 is 0 Å². The normalized spacial score (nSPS) is 14.3. The Hall–Kier alpha value is -4.02. The molecule has 0 spiro atoms. The van der Waals surface area contributed by atoms with E-state index in [2.05, 4.69) is 30.0 Å². The number of halogens is 2. The number of aromatic nitrogens is 6. The number of nitrogens with one attached hydrogen (secondary N) is 2. The van der Waals surface area contributed by atoms with Crippen LogP contribution in [0.15, 0.2) is 55.0 Å². The van der Waals surface area contributed by atoms with Crippen LogP contribution in [0.4, 0.5) is 8.78 Å². The van der Waals surface area contributed by atoms with Gasteiger partial charge in [-0.25, -0.2) is 9.37 Å². The summed E-state index contributed by atoms with van der Waals surface area (Å²) < 4.78 is 29.7. The van der Waals surface area contributed by atoms with Crippen molar-refractivity contribution in [3.05, 3.63) is 71.5 Å². The number of hydrogen-bond acceptors (Lipinski definition) is 6. The van der Waals surface area contributed by atoms with Crippen LogP contribution in [0.25, 0.3) is 55.2 Å². The van der Waals surface area contributed by atoms with Gasteiger partial charge < -0.3 is 4.98 Å². The zero-order valence-electron chi connectivity index (χ0n) is 19.6. The molecule has 1 aliphatic heterocycles. The molecule has 0 aliphatic carbocycles. The van der Waals surface area contributed by atoms with E-state index in [1.807, 2.05) is 30.5 Å². The number of imidazole rings is 1. The molecule has 5 aromatic heterocycles. The van der Waals surface area contributed by atoms with E-state index in [0.717, 1.165) is 52.5 Å². The van der Waals surface area contributed by atoms with E-state index >= 15 is 4.39 Å². The number of H-pyrrole nitrogens is 2. The van der Waals surface area contributed by atoms with Gasteiger partial charge in [0, 0.05) is 34.9 Å². The fraction of sp³-hybridized carbons (Fsp3) is 0.185. The number of rotatable bonds is 5. The van der Waals surface area contributed by atoms with Crippen molar-refractivity contribution in [2.75, 3.05) is 13.1 Å². The third-order valence-corrected chi connectivity index (χ3v) is 7.70. The first kappa shape index (κ1) is 22.2. The van der Waals surface area contributed by atoms with Gasteiger partial charge >= 0.3 is 0 Å². The third kappa shape index (κ3) is 3.89. The molecule has 37 heavy (non-hydrogen) atoms. The highest BCUT2D eigenvalue weighted by molar-refractivity contribution is 7.14. The molecule has 6 aromatic rings. The second-order valence-electron chi connectivity index (χ2n) is 9.24. The lowest BCUT2D eigenvalue weighted by Crippen LogP contribution is -2.18. The highest BCUT2D eigenvalue weighted by Crippen LogP contribution is 2.36. The van der Waals surface area contributed by atoms with E-state index < -0.39 is 5.82 Å². The van der Waals surface area contributed by atoms with Gasteiger partial charge in [0.2, 0.25) is 0 Å². The van der Waals surface area contributed by atoms with Crippen molar-refractivity contribution in [2.24, 2.45) is 0 Å². The number of nitrogens with zero attached hydrogens (tertiary/aromatic N) is 5. The van der Waals surface area contributed by atoms with Crippen LogP contribution in [0.3, 0.4) is 0 Å². The molecule has 6 heterocycles. The zero-order valence-corrected chi connectivity index (χ0v) is 20.4. The van der Waals surface area contributed by atoms with Crippen LogP contribution in [-0.2, 0) is 6.54 Å². The minimum absolute atomic E-state index is 0.219. The van der Waals surface area contributed by atoms with Gasteiger partial charge in [-0.15, -0.1) is 11.3 Å². The van der Waals surface area contributed by atoms with Crippen molar-refractivity contribution in [2.45, 2.75) is 19.4 Å². The fourth-order valence-electron chi connectivity index (χ4n) is 5.05. The minimum Gasteiger partial charge on any atom is -0.337 e. The average Bonchev–Trinajstić information content (AvgIpc) is 3.70. The monoisotopic (exact) mass is 513 g/mol. The number of fused-ring (bicyclic) bond motifs is 2. The molecule has 0 unspecified atom stereocenters. The Morgan fingerprint density at radius 1 is 0.973 bits per heavy atom. The Morgan fingerprint density at radius 3 is 2.70 bits per heavy atom. The summed E-state index contributed by atoms with van der Waals surface area (Å²) in [7, 11) is 0. The van der Waals surface area contributed by atoms with Crippen LogP contribution in [0, 0.1) is 10.9 Å². The number of benzene rings is 1. The van der Waals surface area contributed by atoms with E-state index in [-0.39, 0.29) is 10.8 Å². The molecular weight excluding hydrogens is 492 g/mol. The number of aromatic amines is 2. The van der Waals surface area contributed by atoms with Crippen LogP contribution >= 0.6 is 11.3 Å². The molecule has 1 saturated heterocycles. The van der Waals surface area contributed by atoms with Crippen molar-refractivity contribution in [3.63, 3.8) is 0 Å². The van der Waals surface area contributed by atoms with E-state index in [1.54, 1.807) is 18.5 Å². The van der Waals surface area contributed by atoms with Crippen LogP contribution in [0.2, 0.25) is 0 Å². The lowest BCUT2D eigenvalue weighted by atomic mass is 10.1. The summed E-state index contributed by atoms with van der Waals surface area (Å²) in [6.45, 7) is 2.93. The highest BCUT2D eigenvalue weighted by Gasteiger charge is 2.22. The molecule has 1 aliphatic rings. The molecule has 0 amide bonds. The lowest BCUT2D eigenvalue weighted by Gasteiger charge is -2.14. The fourth-order valence-corrected chi connectivity index (χ4v) is 5.81. The lowest BCUT2D eigenvalue weighted by molar-refractivity contribution is 0.331. The van der Waals surface area contributed by atoms with Gasteiger partial charge in [-0.3, -0.25) is 20.0 Å². The molecule has 2 N–H and O–H groups in total. The Balaban J connectivity index is 1.31. The summed E-state index contributed by atoms with van der Waals surface area (Å²) in [5.41, 5.74) is 4.93. The van der Waals surface area contributed by atoms with Crippen molar-refractivity contribution < 1.29 is 8.78 Å². The summed E-state index contributed by atoms with van der Waals surface area (Å²) >= 11 is 1.06. The number of para-hydroxylation sites is 1. The van der Waals surface area contributed by atoms with Crippen LogP contribution in [-0.4, -0.2) is 48.1 Å². The largest absolute Gasteiger partial charge is 0.337 e. The van der Waals surface area contributed by atoms with Crippen molar-refractivity contribution >= 4 is 33.3 Å². The molecular formula is C27H21F2N7S. The summed E-state index contributed by atoms with van der Waals surface area (Å²) in [5, 5.41) is 7.29. The second-order valence-corrected chi connectivity index (χ2v) is 10.3. The van der Waals surface area contributed by atoms with Crippen molar-refractivity contribution in [1.82, 2.24) is 35.0 Å². The Kier molecular flexibility index (Phi) is 5.29. The van der Waals surface area contributed by atoms with E-state index in [9.17, 15) is 4.39 Å². The summed E-state index contributed by atoms with van der Waals surface area (Å²) in [6, 6.07) is 10.8. The zero-order chi connectivity index (χ0) is 24.9. The summed E-state index contributed by atoms with van der Waals surface area (Å²) in [6.07, 6.45) is 7.46. The third-order valence-electron chi connectivity index (χ3n) is 6.79. The maximum atomic E-state index is 16.0. The molecule has 184 valence electrons. The van der Waals surface area contributed by atoms with Gasteiger partial charge in [-0.05, 0) is 55.8 Å². The molecule has 0 saturated carbocycles. The Labute approximate surface area is 214 Å². The Bertz CT molecular complexity index is 1760. The van der Waals surface area contributed by atoms with Gasteiger partial charge in [0.15, 0.2) is 16.8 Å². The smallest absolute Gasteiger partial charge is 0.176 e. The van der Waals surface area contributed by atoms with Crippen molar-refractivity contribution in [1.29, 1.82) is 0 Å². The molecule has 0 bridgehead atoms. The highest BCUT2D eigenvalue weighted by atomic mass is 32.1. The number of hydrogen-bond donors (Lipinski definition) is 2.